The molecule has 2 fully saturated rings. The molecule has 4 nitrogen and oxygen atoms in total. The zero-order valence-electron chi connectivity index (χ0n) is 61.3. The summed E-state index contributed by atoms with van der Waals surface area (Å²) in [5, 5.41) is 10.0. The number of hydrogen-bond acceptors (Lipinski definition) is 4. The smallest absolute Gasteiger partial charge is 0.306 e. The highest BCUT2D eigenvalue weighted by atomic mass is 16.5. The summed E-state index contributed by atoms with van der Waals surface area (Å²) in [6.45, 7) is 10.0. The fraction of sp³-hybridized carbons (Fsp3) is 0.802. The lowest BCUT2D eigenvalue weighted by Crippen LogP contribution is -2.43. The number of esters is 1. The molecule has 0 aliphatic heterocycles. The number of hydrogen-bond donors (Lipinski definition) is 1. The second kappa shape index (κ2) is 66.3. The van der Waals surface area contributed by atoms with Gasteiger partial charge in [-0.2, -0.15) is 0 Å². The van der Waals surface area contributed by atoms with Crippen LogP contribution in [0.5, 0.6) is 0 Å². The first-order chi connectivity index (χ1) is 44.2. The van der Waals surface area contributed by atoms with Gasteiger partial charge in [0.15, 0.2) is 0 Å². The highest BCUT2D eigenvalue weighted by molar-refractivity contribution is 5.69. The van der Waals surface area contributed by atoms with Crippen molar-refractivity contribution in [2.75, 3.05) is 20.6 Å². The molecule has 0 aromatic heterocycles. The Labute approximate surface area is 563 Å². The van der Waals surface area contributed by atoms with Crippen molar-refractivity contribution in [1.29, 1.82) is 0 Å². The summed E-state index contributed by atoms with van der Waals surface area (Å²) in [5.41, 5.74) is 0.920. The van der Waals surface area contributed by atoms with Crippen LogP contribution in [-0.4, -0.2) is 48.8 Å². The Balaban J connectivity index is 0.000000914. The summed E-state index contributed by atoms with van der Waals surface area (Å²) in [4.78, 5) is 14.6. The standard InChI is InChI=1S/C46H83NO2.C40H72O/c1-5-7-9-11-13-15-17-19-21-23-25-27-29-31-33-35-39-46(42-44(43-46)49-45(48)38-37-41-47(3)4)40-36-34-32-30-28-26-24-22-20-18-16-14-12-10-8-6-2;1-3-5-7-9-11-13-15-17-19-21-23-25-27-29-31-33-35-40(37-39(41)38-40)36-34-32-30-28-26-24-22-20-18-16-14-12-10-8-6-4-2/h13-16,19-22,44H,5-12,17-18,23-43H2,1-4H3;11-14,17-20,39,41H,3-10,15-16,21-38H2,1-2H3/b15-13-,16-14-,21-19-,22-20-;13-11-,14-12-,19-17-,20-18-. The second-order valence-electron chi connectivity index (χ2n) is 28.8. The molecule has 0 unspecified atom stereocenters. The van der Waals surface area contributed by atoms with Crippen molar-refractivity contribution in [3.8, 4) is 0 Å². The van der Waals surface area contributed by atoms with Gasteiger partial charge < -0.3 is 14.7 Å². The largest absolute Gasteiger partial charge is 0.462 e. The van der Waals surface area contributed by atoms with E-state index in [1.807, 2.05) is 0 Å². The molecular weight excluding hydrogens is 1090 g/mol. The van der Waals surface area contributed by atoms with E-state index in [9.17, 15) is 9.90 Å². The number of aliphatic hydroxyl groups excluding tert-OH is 1. The van der Waals surface area contributed by atoms with Crippen molar-refractivity contribution in [2.45, 2.75) is 412 Å². The first-order valence-electron chi connectivity index (χ1n) is 40.0. The Hall–Kier alpha value is -2.69. The second-order valence-corrected chi connectivity index (χ2v) is 28.8. The van der Waals surface area contributed by atoms with E-state index in [0.29, 0.717) is 17.3 Å². The predicted molar refractivity (Wildman–Crippen MR) is 403 cm³/mol. The van der Waals surface area contributed by atoms with Crippen LogP contribution in [0.3, 0.4) is 0 Å². The molecule has 0 spiro atoms. The Morgan fingerprint density at radius 1 is 0.333 bits per heavy atom. The van der Waals surface area contributed by atoms with Crippen molar-refractivity contribution in [1.82, 2.24) is 4.90 Å². The van der Waals surface area contributed by atoms with E-state index in [1.54, 1.807) is 0 Å². The average molecular weight is 1250 g/mol. The Morgan fingerprint density at radius 2 is 0.567 bits per heavy atom. The molecule has 0 aromatic carbocycles. The van der Waals surface area contributed by atoms with E-state index >= 15 is 0 Å². The number of allylic oxidation sites excluding steroid dienone is 16. The summed E-state index contributed by atoms with van der Waals surface area (Å²) in [7, 11) is 4.13. The topological polar surface area (TPSA) is 49.8 Å². The third-order valence-corrected chi connectivity index (χ3v) is 19.6. The van der Waals surface area contributed by atoms with Crippen LogP contribution in [-0.2, 0) is 9.53 Å². The maximum atomic E-state index is 12.4. The molecule has 522 valence electrons. The molecule has 2 aliphatic carbocycles. The van der Waals surface area contributed by atoms with E-state index in [1.165, 1.54) is 308 Å². The van der Waals surface area contributed by atoms with E-state index in [4.69, 9.17) is 4.74 Å². The molecule has 2 rings (SSSR count). The molecule has 90 heavy (non-hydrogen) atoms. The van der Waals surface area contributed by atoms with Crippen LogP contribution in [0.2, 0.25) is 0 Å². The minimum Gasteiger partial charge on any atom is -0.462 e. The van der Waals surface area contributed by atoms with E-state index in [-0.39, 0.29) is 18.2 Å². The van der Waals surface area contributed by atoms with Crippen LogP contribution in [0.15, 0.2) is 97.2 Å². The molecule has 2 aliphatic rings. The summed E-state index contributed by atoms with van der Waals surface area (Å²) in [6, 6.07) is 0. The first kappa shape index (κ1) is 85.3. The molecule has 4 heteroatoms. The van der Waals surface area contributed by atoms with Crippen LogP contribution in [0.4, 0.5) is 0 Å². The summed E-state index contributed by atoms with van der Waals surface area (Å²) >= 11 is 0. The van der Waals surface area contributed by atoms with Gasteiger partial charge in [-0.1, -0.05) is 305 Å². The number of carbonyl (C=O) groups excluding carboxylic acids is 1. The van der Waals surface area contributed by atoms with E-state index in [0.717, 1.165) is 64.3 Å². The van der Waals surface area contributed by atoms with Gasteiger partial charge in [-0.15, -0.1) is 0 Å². The zero-order chi connectivity index (χ0) is 65.0. The van der Waals surface area contributed by atoms with Crippen LogP contribution < -0.4 is 0 Å². The van der Waals surface area contributed by atoms with Crippen LogP contribution in [0, 0.1) is 10.8 Å². The monoisotopic (exact) mass is 1250 g/mol. The number of ether oxygens (including phenoxy) is 1. The number of rotatable bonds is 65. The third kappa shape index (κ3) is 56.8. The van der Waals surface area contributed by atoms with E-state index in [2.05, 4.69) is 144 Å². The van der Waals surface area contributed by atoms with Gasteiger partial charge in [0.1, 0.15) is 6.10 Å². The minimum atomic E-state index is -0.00999. The Morgan fingerprint density at radius 3 is 0.811 bits per heavy atom. The van der Waals surface area contributed by atoms with E-state index < -0.39 is 0 Å². The lowest BCUT2D eigenvalue weighted by Gasteiger charge is -2.47. The van der Waals surface area contributed by atoms with Gasteiger partial charge in [-0.3, -0.25) is 4.79 Å². The summed E-state index contributed by atoms with van der Waals surface area (Å²) < 4.78 is 5.91. The van der Waals surface area contributed by atoms with Crippen LogP contribution in [0.25, 0.3) is 0 Å². The molecule has 0 bridgehead atoms. The maximum absolute atomic E-state index is 12.4. The van der Waals surface area contributed by atoms with Crippen LogP contribution in [0.1, 0.15) is 400 Å². The Kier molecular flexibility index (Phi) is 62.9. The average Bonchev–Trinajstić information content (AvgIpc) is 0.945. The first-order valence-corrected chi connectivity index (χ1v) is 40.0. The molecule has 0 aromatic rings. The molecule has 0 radical (unpaired) electrons. The molecule has 0 atom stereocenters. The molecule has 0 heterocycles. The van der Waals surface area contributed by atoms with Crippen LogP contribution >= 0.6 is 0 Å². The third-order valence-electron chi connectivity index (χ3n) is 19.6. The maximum Gasteiger partial charge on any atom is 0.306 e. The van der Waals surface area contributed by atoms with Gasteiger partial charge in [0.2, 0.25) is 0 Å². The van der Waals surface area contributed by atoms with Gasteiger partial charge in [0, 0.05) is 6.42 Å². The molecule has 2 saturated carbocycles. The van der Waals surface area contributed by atoms with Crippen molar-refractivity contribution in [3.63, 3.8) is 0 Å². The molecule has 0 saturated heterocycles. The number of aliphatic hydroxyl groups is 1. The number of nitrogens with zero attached hydrogens (tertiary/aromatic N) is 1. The normalized spacial score (nSPS) is 15.4. The van der Waals surface area contributed by atoms with Gasteiger partial charge in [-0.05, 0) is 218 Å². The lowest BCUT2D eigenvalue weighted by atomic mass is 9.61. The van der Waals surface area contributed by atoms with Crippen molar-refractivity contribution in [3.05, 3.63) is 97.2 Å². The number of carbonyl (C=O) groups is 1. The molecule has 0 amide bonds. The highest BCUT2D eigenvalue weighted by Gasteiger charge is 2.45. The zero-order valence-corrected chi connectivity index (χ0v) is 61.3. The highest BCUT2D eigenvalue weighted by Crippen LogP contribution is 2.51. The van der Waals surface area contributed by atoms with Gasteiger partial charge in [-0.25, -0.2) is 0 Å². The predicted octanol–water partition coefficient (Wildman–Crippen LogP) is 28.0. The van der Waals surface area contributed by atoms with Crippen molar-refractivity contribution >= 4 is 5.97 Å². The molecule has 1 N–H and O–H groups in total. The number of unbranched alkanes of at least 4 members (excludes halogenated alkanes) is 36. The van der Waals surface area contributed by atoms with Crippen molar-refractivity contribution < 1.29 is 14.6 Å². The Bertz CT molecular complexity index is 1650. The van der Waals surface area contributed by atoms with Gasteiger partial charge in [0.25, 0.3) is 0 Å². The van der Waals surface area contributed by atoms with Crippen molar-refractivity contribution in [2.24, 2.45) is 10.8 Å². The fourth-order valence-corrected chi connectivity index (χ4v) is 13.7. The fourth-order valence-electron chi connectivity index (χ4n) is 13.7. The minimum absolute atomic E-state index is 0.00999. The molecular formula is C86H155NO3. The van der Waals surface area contributed by atoms with Gasteiger partial charge in [0.05, 0.1) is 6.10 Å². The quantitative estimate of drug-likeness (QED) is 0.0375. The summed E-state index contributed by atoms with van der Waals surface area (Å²) in [5.74, 6) is 0.0166. The summed E-state index contributed by atoms with van der Waals surface area (Å²) in [6.07, 6.45) is 112. The van der Waals surface area contributed by atoms with Gasteiger partial charge >= 0.3 is 5.97 Å². The SMILES string of the molecule is CCCCC/C=C\C/C=C\CCCCCCCCC1(CCCCCCCC/C=C\C/C=C\CCCCC)CC(O)C1.CCCCC/C=C\C/C=C\CCCCCCCCC1(CCCCCCCC/C=C\C/C=C\CCCCC)CC(OC(=O)CCCN(C)C)C1. The lowest BCUT2D eigenvalue weighted by molar-refractivity contribution is -0.162.